The topological polar surface area (TPSA) is 35.6 Å². The van der Waals surface area contributed by atoms with Crippen LogP contribution in [0.3, 0.4) is 0 Å². The standard InChI is InChI=1S/C47H30N4/c1-3-11-30(12-4-1)31-19-22-43-39(25-31)40-27-33(20-23-44(40)50(43)35-14-5-2-6-15-35)32-21-24-45-38(26-32)37-17-9-10-18-42(37)51(45)47-41-28-34-13-7-8-16-36(34)46(41)48-29-49-47/h1-27,29H,28H2. The van der Waals surface area contributed by atoms with Gasteiger partial charge in [0, 0.05) is 44.8 Å². The third-order valence-corrected chi connectivity index (χ3v) is 10.7. The summed E-state index contributed by atoms with van der Waals surface area (Å²) in [5.74, 6) is 0.958. The van der Waals surface area contributed by atoms with Crippen LogP contribution in [0.25, 0.3) is 88.6 Å². The Bertz CT molecular complexity index is 2990. The maximum atomic E-state index is 4.93. The number of rotatable bonds is 4. The normalized spacial score (nSPS) is 12.2. The zero-order chi connectivity index (χ0) is 33.5. The fourth-order valence-electron chi connectivity index (χ4n) is 8.34. The van der Waals surface area contributed by atoms with Crippen molar-refractivity contribution in [1.29, 1.82) is 0 Å². The molecule has 0 amide bonds. The summed E-state index contributed by atoms with van der Waals surface area (Å²) in [5, 5.41) is 4.91. The molecule has 51 heavy (non-hydrogen) atoms. The van der Waals surface area contributed by atoms with Crippen molar-refractivity contribution in [3.8, 4) is 45.0 Å². The van der Waals surface area contributed by atoms with Gasteiger partial charge < -0.3 is 4.57 Å². The number of para-hydroxylation sites is 2. The maximum Gasteiger partial charge on any atom is 0.145 e. The van der Waals surface area contributed by atoms with Crippen LogP contribution in [0.15, 0.2) is 170 Å². The molecule has 0 aliphatic heterocycles. The van der Waals surface area contributed by atoms with Gasteiger partial charge in [-0.05, 0) is 82.4 Å². The van der Waals surface area contributed by atoms with Crippen molar-refractivity contribution in [2.75, 3.05) is 0 Å². The summed E-state index contributed by atoms with van der Waals surface area (Å²) in [6.07, 6.45) is 2.55. The fourth-order valence-corrected chi connectivity index (χ4v) is 8.34. The second-order valence-corrected chi connectivity index (χ2v) is 13.4. The first-order chi connectivity index (χ1) is 25.3. The lowest BCUT2D eigenvalue weighted by Crippen LogP contribution is -2.03. The van der Waals surface area contributed by atoms with Crippen LogP contribution in [-0.4, -0.2) is 19.1 Å². The van der Waals surface area contributed by atoms with Crippen molar-refractivity contribution < 1.29 is 0 Å². The molecule has 0 saturated heterocycles. The van der Waals surface area contributed by atoms with Crippen LogP contribution in [0, 0.1) is 0 Å². The molecule has 0 atom stereocenters. The molecule has 1 aliphatic carbocycles. The largest absolute Gasteiger partial charge is 0.309 e. The van der Waals surface area contributed by atoms with E-state index in [-0.39, 0.29) is 0 Å². The predicted molar refractivity (Wildman–Crippen MR) is 210 cm³/mol. The van der Waals surface area contributed by atoms with Gasteiger partial charge >= 0.3 is 0 Å². The van der Waals surface area contributed by atoms with Crippen molar-refractivity contribution in [2.45, 2.75) is 6.42 Å². The molecule has 0 bridgehead atoms. The van der Waals surface area contributed by atoms with Gasteiger partial charge in [0.15, 0.2) is 0 Å². The van der Waals surface area contributed by atoms with Crippen LogP contribution in [0.2, 0.25) is 0 Å². The average molecular weight is 651 g/mol. The van der Waals surface area contributed by atoms with E-state index in [9.17, 15) is 0 Å². The van der Waals surface area contributed by atoms with E-state index in [1.807, 2.05) is 0 Å². The molecule has 0 N–H and O–H groups in total. The Labute approximate surface area is 294 Å². The molecular formula is C47H30N4. The van der Waals surface area contributed by atoms with Crippen LogP contribution in [-0.2, 0) is 6.42 Å². The van der Waals surface area contributed by atoms with Gasteiger partial charge in [-0.3, -0.25) is 4.57 Å². The summed E-state index contributed by atoms with van der Waals surface area (Å²) in [7, 11) is 0. The Morgan fingerprint density at radius 1 is 0.412 bits per heavy atom. The van der Waals surface area contributed by atoms with Gasteiger partial charge in [-0.15, -0.1) is 0 Å². The minimum atomic E-state index is 0.830. The zero-order valence-electron chi connectivity index (χ0n) is 27.7. The molecule has 3 aromatic heterocycles. The van der Waals surface area contributed by atoms with Gasteiger partial charge in [-0.1, -0.05) is 109 Å². The van der Waals surface area contributed by atoms with Crippen LogP contribution in [0.5, 0.6) is 0 Å². The summed E-state index contributed by atoms with van der Waals surface area (Å²) in [4.78, 5) is 9.67. The molecule has 0 saturated carbocycles. The fraction of sp³-hybridized carbons (Fsp3) is 0.0213. The van der Waals surface area contributed by atoms with E-state index in [1.165, 1.54) is 71.5 Å². The van der Waals surface area contributed by atoms with E-state index < -0.39 is 0 Å². The Kier molecular flexibility index (Phi) is 5.98. The average Bonchev–Trinajstić information content (AvgIpc) is 3.85. The highest BCUT2D eigenvalue weighted by Crippen LogP contribution is 2.42. The summed E-state index contributed by atoms with van der Waals surface area (Å²) in [6, 6.07) is 59.3. The Morgan fingerprint density at radius 3 is 1.69 bits per heavy atom. The van der Waals surface area contributed by atoms with Crippen molar-refractivity contribution in [1.82, 2.24) is 19.1 Å². The van der Waals surface area contributed by atoms with Gasteiger partial charge in [-0.2, -0.15) is 0 Å². The van der Waals surface area contributed by atoms with Gasteiger partial charge in [0.05, 0.1) is 27.8 Å². The highest BCUT2D eigenvalue weighted by Gasteiger charge is 2.26. The number of benzene rings is 7. The lowest BCUT2D eigenvalue weighted by molar-refractivity contribution is 1.00. The smallest absolute Gasteiger partial charge is 0.145 e. The van der Waals surface area contributed by atoms with Crippen molar-refractivity contribution in [3.05, 3.63) is 181 Å². The zero-order valence-corrected chi connectivity index (χ0v) is 27.7. The number of nitrogens with zero attached hydrogens (tertiary/aromatic N) is 4. The van der Waals surface area contributed by atoms with Crippen LogP contribution < -0.4 is 0 Å². The molecule has 4 heteroatoms. The number of fused-ring (bicyclic) bond motifs is 9. The molecule has 0 spiro atoms. The van der Waals surface area contributed by atoms with Gasteiger partial charge in [0.1, 0.15) is 12.1 Å². The quantitative estimate of drug-likeness (QED) is 0.190. The van der Waals surface area contributed by atoms with E-state index >= 15 is 0 Å². The summed E-state index contributed by atoms with van der Waals surface area (Å²) in [5.41, 5.74) is 15.4. The molecule has 3 heterocycles. The molecule has 11 rings (SSSR count). The lowest BCUT2D eigenvalue weighted by atomic mass is 9.99. The number of hydrogen-bond acceptors (Lipinski definition) is 2. The lowest BCUT2D eigenvalue weighted by Gasteiger charge is -2.11. The first kappa shape index (κ1) is 28.1. The van der Waals surface area contributed by atoms with Gasteiger partial charge in [0.25, 0.3) is 0 Å². The second kappa shape index (κ2) is 10.9. The molecule has 0 radical (unpaired) electrons. The first-order valence-corrected chi connectivity index (χ1v) is 17.5. The number of aromatic nitrogens is 4. The molecule has 7 aromatic carbocycles. The monoisotopic (exact) mass is 650 g/mol. The van der Waals surface area contributed by atoms with E-state index in [0.29, 0.717) is 0 Å². The highest BCUT2D eigenvalue weighted by molar-refractivity contribution is 6.13. The SMILES string of the molecule is c1ccc(-c2ccc3c(c2)c2cc(-c4ccc5c(c4)c4ccccc4n5-c4ncnc5c4Cc4ccccc4-5)ccc2n3-c2ccccc2)cc1. The first-order valence-electron chi connectivity index (χ1n) is 17.5. The molecule has 238 valence electrons. The van der Waals surface area contributed by atoms with Gasteiger partial charge in [0.2, 0.25) is 0 Å². The van der Waals surface area contributed by atoms with E-state index in [4.69, 9.17) is 9.97 Å². The van der Waals surface area contributed by atoms with E-state index in [1.54, 1.807) is 6.33 Å². The van der Waals surface area contributed by atoms with Crippen molar-refractivity contribution in [3.63, 3.8) is 0 Å². The highest BCUT2D eigenvalue weighted by atomic mass is 15.1. The molecule has 0 fully saturated rings. The second-order valence-electron chi connectivity index (χ2n) is 13.4. The number of hydrogen-bond donors (Lipinski definition) is 0. The van der Waals surface area contributed by atoms with Crippen molar-refractivity contribution >= 4 is 43.6 Å². The van der Waals surface area contributed by atoms with E-state index in [2.05, 4.69) is 173 Å². The third kappa shape index (κ3) is 4.20. The predicted octanol–water partition coefficient (Wildman–Crippen LogP) is 11.6. The third-order valence-electron chi connectivity index (χ3n) is 10.7. The maximum absolute atomic E-state index is 4.93. The van der Waals surface area contributed by atoms with E-state index in [0.717, 1.165) is 34.7 Å². The van der Waals surface area contributed by atoms with Crippen LogP contribution in [0.1, 0.15) is 11.1 Å². The molecule has 0 unspecified atom stereocenters. The Morgan fingerprint density at radius 2 is 0.961 bits per heavy atom. The molecule has 10 aromatic rings. The summed E-state index contributed by atoms with van der Waals surface area (Å²) in [6.45, 7) is 0. The summed E-state index contributed by atoms with van der Waals surface area (Å²) < 4.78 is 4.72. The summed E-state index contributed by atoms with van der Waals surface area (Å²) >= 11 is 0. The van der Waals surface area contributed by atoms with Gasteiger partial charge in [-0.25, -0.2) is 9.97 Å². The van der Waals surface area contributed by atoms with Crippen molar-refractivity contribution in [2.24, 2.45) is 0 Å². The molecule has 1 aliphatic rings. The molecular weight excluding hydrogens is 621 g/mol. The Hall–Kier alpha value is -6.78. The minimum Gasteiger partial charge on any atom is -0.309 e. The van der Waals surface area contributed by atoms with Crippen LogP contribution >= 0.6 is 0 Å². The minimum absolute atomic E-state index is 0.830. The Balaban J connectivity index is 1.11. The molecule has 4 nitrogen and oxygen atoms in total. The van der Waals surface area contributed by atoms with Crippen LogP contribution in [0.4, 0.5) is 0 Å².